The number of nitrogens with zero attached hydrogens (tertiary/aromatic N) is 3. The first-order valence-electron chi connectivity index (χ1n) is 15.8. The summed E-state index contributed by atoms with van der Waals surface area (Å²) in [6.45, 7) is 15.8. The molecule has 1 N–H and O–H groups in total. The number of aliphatic hydroxyl groups excluding tert-OH is 1. The lowest BCUT2D eigenvalue weighted by Crippen LogP contribution is -2.60. The van der Waals surface area contributed by atoms with Crippen LogP contribution in [0.1, 0.15) is 40.5 Å². The van der Waals surface area contributed by atoms with Crippen molar-refractivity contribution in [1.29, 1.82) is 0 Å². The van der Waals surface area contributed by atoms with Gasteiger partial charge in [0.05, 0.1) is 30.1 Å². The number of ether oxygens (including phenoxy) is 1. The molecule has 3 amide bonds. The van der Waals surface area contributed by atoms with E-state index in [-0.39, 0.29) is 49.3 Å². The highest BCUT2D eigenvalue weighted by atomic mass is 35.5. The van der Waals surface area contributed by atoms with Crippen molar-refractivity contribution in [3.63, 3.8) is 0 Å². The van der Waals surface area contributed by atoms with Crippen LogP contribution in [0.4, 0.5) is 11.4 Å². The van der Waals surface area contributed by atoms with Crippen LogP contribution in [0.2, 0.25) is 5.02 Å². The number of halogens is 1. The average Bonchev–Trinajstić information content (AvgIpc) is 3.55. The molecule has 2 aromatic carbocycles. The van der Waals surface area contributed by atoms with Gasteiger partial charge < -0.3 is 24.5 Å². The molecule has 0 aliphatic carbocycles. The number of likely N-dealkylation sites (tertiary alicyclic amines) is 1. The third-order valence-electron chi connectivity index (χ3n) is 10.5. The molecule has 3 fully saturated rings. The molecule has 8 atom stereocenters. The van der Waals surface area contributed by atoms with Gasteiger partial charge in [-0.05, 0) is 61.6 Å². The quantitative estimate of drug-likeness (QED) is 0.312. The van der Waals surface area contributed by atoms with Crippen molar-refractivity contribution in [1.82, 2.24) is 4.90 Å². The summed E-state index contributed by atoms with van der Waals surface area (Å²) in [4.78, 5) is 49.4. The van der Waals surface area contributed by atoms with Crippen LogP contribution in [-0.2, 0) is 19.1 Å². The standard InChI is InChI=1S/C36H44ClN3O5/c1-7-19-38(26-13-11-10-12-14-26)32(42)29-30-33(43)40(28(22-41)23(4)9-3)31(36(30)21-24(5)35(29,6)45-36)34(44)39(20-8-2)27-17-15-25(37)16-18-27/h7-8,10-18,23-24,28-31,41H,1-2,9,19-22H2,3-6H3/t23-,24?,28-,29+,30-,31?,35-,36?/m0/s1. The molecule has 8 nitrogen and oxygen atoms in total. The minimum absolute atomic E-state index is 0.117. The predicted octanol–water partition coefficient (Wildman–Crippen LogP) is 5.50. The number of hydrogen-bond acceptors (Lipinski definition) is 5. The zero-order chi connectivity index (χ0) is 32.7. The number of para-hydroxylation sites is 1. The topological polar surface area (TPSA) is 90.4 Å². The first kappa shape index (κ1) is 32.9. The molecule has 3 unspecified atom stereocenters. The number of amides is 3. The van der Waals surface area contributed by atoms with Gasteiger partial charge in [0.1, 0.15) is 11.6 Å². The summed E-state index contributed by atoms with van der Waals surface area (Å²) in [6.07, 6.45) is 4.40. The second-order valence-corrected chi connectivity index (χ2v) is 13.3. The maximum Gasteiger partial charge on any atom is 0.253 e. The molecule has 0 saturated carbocycles. The lowest BCUT2D eigenvalue weighted by atomic mass is 9.62. The Morgan fingerprint density at radius 3 is 2.20 bits per heavy atom. The third kappa shape index (κ3) is 5.21. The molecule has 0 aromatic heterocycles. The highest BCUT2D eigenvalue weighted by molar-refractivity contribution is 6.30. The number of hydrogen-bond donors (Lipinski definition) is 1. The van der Waals surface area contributed by atoms with E-state index in [0.717, 1.165) is 0 Å². The van der Waals surface area contributed by atoms with E-state index in [1.807, 2.05) is 58.0 Å². The maximum absolute atomic E-state index is 15.0. The molecule has 3 heterocycles. The van der Waals surface area contributed by atoms with Crippen molar-refractivity contribution in [3.8, 4) is 0 Å². The number of fused-ring (bicyclic) bond motifs is 1. The number of rotatable bonds is 12. The lowest BCUT2D eigenvalue weighted by Gasteiger charge is -2.41. The number of aliphatic hydroxyl groups is 1. The Labute approximate surface area is 271 Å². The van der Waals surface area contributed by atoms with Crippen LogP contribution in [0.3, 0.4) is 0 Å². The van der Waals surface area contributed by atoms with Crippen molar-refractivity contribution < 1.29 is 24.2 Å². The van der Waals surface area contributed by atoms with Crippen molar-refractivity contribution in [2.45, 2.75) is 63.8 Å². The van der Waals surface area contributed by atoms with Crippen LogP contribution in [0.25, 0.3) is 0 Å². The first-order chi connectivity index (χ1) is 21.5. The zero-order valence-corrected chi connectivity index (χ0v) is 27.3. The SMILES string of the molecule is C=CCN(C(=O)C1N([C@@H](CO)[C@@H](C)CC)C(=O)[C@@H]2[C@H](C(=O)N(CC=C)c3ccccc3)[C@@]3(C)OC12CC3C)c1ccc(Cl)cc1. The first-order valence-corrected chi connectivity index (χ1v) is 16.2. The third-order valence-corrected chi connectivity index (χ3v) is 10.7. The van der Waals surface area contributed by atoms with Crippen LogP contribution in [-0.4, -0.2) is 70.7 Å². The average molecular weight is 634 g/mol. The molecule has 9 heteroatoms. The normalized spacial score (nSPS) is 29.6. The van der Waals surface area contributed by atoms with Gasteiger partial charge in [-0.25, -0.2) is 0 Å². The molecule has 3 aliphatic heterocycles. The number of benzene rings is 2. The predicted molar refractivity (Wildman–Crippen MR) is 177 cm³/mol. The van der Waals surface area contributed by atoms with Gasteiger partial charge in [-0.1, -0.05) is 69.1 Å². The Hall–Kier alpha value is -3.46. The Morgan fingerprint density at radius 2 is 1.64 bits per heavy atom. The summed E-state index contributed by atoms with van der Waals surface area (Å²) >= 11 is 6.18. The summed E-state index contributed by atoms with van der Waals surface area (Å²) < 4.78 is 7.00. The molecular weight excluding hydrogens is 590 g/mol. The van der Waals surface area contributed by atoms with Gasteiger partial charge in [0, 0.05) is 29.5 Å². The smallest absolute Gasteiger partial charge is 0.253 e. The molecule has 1 spiro atoms. The fourth-order valence-electron chi connectivity index (χ4n) is 7.95. The Bertz CT molecular complexity index is 1450. The van der Waals surface area contributed by atoms with E-state index in [1.54, 1.807) is 51.1 Å². The second-order valence-electron chi connectivity index (χ2n) is 12.9. The molecule has 45 heavy (non-hydrogen) atoms. The van der Waals surface area contributed by atoms with Crippen molar-refractivity contribution >= 4 is 40.7 Å². The largest absolute Gasteiger partial charge is 0.394 e. The summed E-state index contributed by atoms with van der Waals surface area (Å²) in [7, 11) is 0. The van der Waals surface area contributed by atoms with Gasteiger partial charge in [-0.3, -0.25) is 14.4 Å². The second kappa shape index (κ2) is 12.7. The fraction of sp³-hybridized carbons (Fsp3) is 0.472. The monoisotopic (exact) mass is 633 g/mol. The van der Waals surface area contributed by atoms with Crippen LogP contribution >= 0.6 is 11.6 Å². The van der Waals surface area contributed by atoms with Gasteiger partial charge in [-0.15, -0.1) is 13.2 Å². The Balaban J connectivity index is 1.68. The highest BCUT2D eigenvalue weighted by Gasteiger charge is 2.80. The van der Waals surface area contributed by atoms with E-state index in [1.165, 1.54) is 0 Å². The molecular formula is C36H44ClN3O5. The summed E-state index contributed by atoms with van der Waals surface area (Å²) in [5, 5.41) is 11.3. The van der Waals surface area contributed by atoms with Crippen molar-refractivity contribution in [3.05, 3.63) is 84.9 Å². The minimum Gasteiger partial charge on any atom is -0.394 e. The molecule has 2 aromatic rings. The molecule has 0 radical (unpaired) electrons. The molecule has 3 saturated heterocycles. The van der Waals surface area contributed by atoms with Gasteiger partial charge in [-0.2, -0.15) is 0 Å². The van der Waals surface area contributed by atoms with Gasteiger partial charge in [0.25, 0.3) is 5.91 Å². The van der Waals surface area contributed by atoms with E-state index < -0.39 is 35.1 Å². The minimum atomic E-state index is -1.27. The van der Waals surface area contributed by atoms with E-state index in [4.69, 9.17) is 16.3 Å². The van der Waals surface area contributed by atoms with Crippen LogP contribution in [0.5, 0.6) is 0 Å². The fourth-order valence-corrected chi connectivity index (χ4v) is 8.08. The highest BCUT2D eigenvalue weighted by Crippen LogP contribution is 2.66. The van der Waals surface area contributed by atoms with E-state index in [0.29, 0.717) is 29.2 Å². The Morgan fingerprint density at radius 1 is 1.07 bits per heavy atom. The van der Waals surface area contributed by atoms with E-state index in [9.17, 15) is 19.5 Å². The number of carbonyl (C=O) groups excluding carboxylic acids is 3. The summed E-state index contributed by atoms with van der Waals surface area (Å²) in [6, 6.07) is 14.5. The molecule has 2 bridgehead atoms. The van der Waals surface area contributed by atoms with E-state index >= 15 is 0 Å². The van der Waals surface area contributed by atoms with Crippen LogP contribution < -0.4 is 9.80 Å². The Kier molecular flexibility index (Phi) is 9.32. The van der Waals surface area contributed by atoms with Crippen molar-refractivity contribution in [2.24, 2.45) is 23.7 Å². The van der Waals surface area contributed by atoms with Gasteiger partial charge in [0.15, 0.2) is 0 Å². The molecule has 5 rings (SSSR count). The zero-order valence-electron chi connectivity index (χ0n) is 26.6. The lowest BCUT2D eigenvalue weighted by molar-refractivity contribution is -0.150. The van der Waals surface area contributed by atoms with E-state index in [2.05, 4.69) is 13.2 Å². The number of anilines is 2. The molecule has 3 aliphatic rings. The van der Waals surface area contributed by atoms with Crippen LogP contribution in [0, 0.1) is 23.7 Å². The van der Waals surface area contributed by atoms with Gasteiger partial charge >= 0.3 is 0 Å². The number of carbonyl (C=O) groups is 3. The molecule has 240 valence electrons. The maximum atomic E-state index is 15.0. The van der Waals surface area contributed by atoms with Crippen LogP contribution in [0.15, 0.2) is 79.9 Å². The van der Waals surface area contributed by atoms with Gasteiger partial charge in [0.2, 0.25) is 11.8 Å². The summed E-state index contributed by atoms with van der Waals surface area (Å²) in [5.41, 5.74) is -0.976. The van der Waals surface area contributed by atoms with Crippen molar-refractivity contribution in [2.75, 3.05) is 29.5 Å². The summed E-state index contributed by atoms with van der Waals surface area (Å²) in [5.74, 6) is -2.93.